The Hall–Kier alpha value is -0.540. The molecule has 3 heteroatoms. The summed E-state index contributed by atoms with van der Waals surface area (Å²) in [5.74, 6) is 0. The van der Waals surface area contributed by atoms with E-state index in [9.17, 15) is 0 Å². The Bertz CT molecular complexity index is 279. The molecule has 13 heavy (non-hydrogen) atoms. The number of rotatable bonds is 2. The molecule has 0 N–H and O–H groups in total. The molecule has 70 valence electrons. The molecule has 0 radical (unpaired) electrons. The molecule has 0 heterocycles. The first kappa shape index (κ1) is 10.5. The SMILES string of the molecule is CCOC(=S)Sc1ccc(C)cc1. The van der Waals surface area contributed by atoms with Gasteiger partial charge in [-0.05, 0) is 50.0 Å². The summed E-state index contributed by atoms with van der Waals surface area (Å²) in [5.41, 5.74) is 1.26. The third-order valence-corrected chi connectivity index (χ3v) is 2.64. The summed E-state index contributed by atoms with van der Waals surface area (Å²) in [5, 5.41) is 0. The molecule has 1 aromatic carbocycles. The van der Waals surface area contributed by atoms with E-state index in [1.165, 1.54) is 17.3 Å². The van der Waals surface area contributed by atoms with Crippen molar-refractivity contribution in [1.82, 2.24) is 0 Å². The minimum atomic E-state index is 0.589. The minimum Gasteiger partial charge on any atom is -0.479 e. The standard InChI is InChI=1S/C10H12OS2/c1-3-11-10(12)13-9-6-4-8(2)5-7-9/h4-7H,3H2,1-2H3. The zero-order valence-electron chi connectivity index (χ0n) is 7.74. The predicted molar refractivity (Wildman–Crippen MR) is 61.3 cm³/mol. The molecule has 0 aromatic heterocycles. The number of ether oxygens (including phenoxy) is 1. The van der Waals surface area contributed by atoms with Crippen LogP contribution in [0.5, 0.6) is 0 Å². The predicted octanol–water partition coefficient (Wildman–Crippen LogP) is 3.41. The lowest BCUT2D eigenvalue weighted by Gasteiger charge is -2.03. The molecule has 0 bridgehead atoms. The van der Waals surface area contributed by atoms with Crippen molar-refractivity contribution in [1.29, 1.82) is 0 Å². The van der Waals surface area contributed by atoms with Gasteiger partial charge in [-0.1, -0.05) is 17.7 Å². The maximum atomic E-state index is 5.17. The van der Waals surface area contributed by atoms with Crippen molar-refractivity contribution >= 4 is 28.4 Å². The van der Waals surface area contributed by atoms with Crippen LogP contribution in [0.25, 0.3) is 0 Å². The summed E-state index contributed by atoms with van der Waals surface area (Å²) >= 11 is 6.49. The number of aryl methyl sites for hydroxylation is 1. The van der Waals surface area contributed by atoms with E-state index in [0.717, 1.165) is 4.90 Å². The summed E-state index contributed by atoms with van der Waals surface area (Å²) < 4.78 is 5.76. The lowest BCUT2D eigenvalue weighted by Crippen LogP contribution is -1.94. The van der Waals surface area contributed by atoms with E-state index in [0.29, 0.717) is 11.0 Å². The van der Waals surface area contributed by atoms with Gasteiger partial charge in [-0.15, -0.1) is 0 Å². The maximum Gasteiger partial charge on any atom is 0.224 e. The molecule has 0 spiro atoms. The van der Waals surface area contributed by atoms with Crippen molar-refractivity contribution in [2.75, 3.05) is 6.61 Å². The molecule has 0 amide bonds. The smallest absolute Gasteiger partial charge is 0.224 e. The Morgan fingerprint density at radius 3 is 2.54 bits per heavy atom. The monoisotopic (exact) mass is 212 g/mol. The number of hydrogen-bond acceptors (Lipinski definition) is 3. The Balaban J connectivity index is 2.54. The van der Waals surface area contributed by atoms with E-state index >= 15 is 0 Å². The van der Waals surface area contributed by atoms with Gasteiger partial charge in [-0.2, -0.15) is 0 Å². The fraction of sp³-hybridized carbons (Fsp3) is 0.300. The van der Waals surface area contributed by atoms with Gasteiger partial charge >= 0.3 is 0 Å². The zero-order chi connectivity index (χ0) is 9.68. The Kier molecular flexibility index (Phi) is 4.25. The normalized spacial score (nSPS) is 9.69. The first-order valence-corrected chi connectivity index (χ1v) is 5.36. The summed E-state index contributed by atoms with van der Waals surface area (Å²) in [6, 6.07) is 8.23. The quantitative estimate of drug-likeness (QED) is 0.549. The van der Waals surface area contributed by atoms with Gasteiger partial charge in [0.25, 0.3) is 0 Å². The van der Waals surface area contributed by atoms with Gasteiger partial charge in [0.2, 0.25) is 4.38 Å². The average molecular weight is 212 g/mol. The van der Waals surface area contributed by atoms with E-state index in [4.69, 9.17) is 17.0 Å². The number of benzene rings is 1. The second-order valence-corrected chi connectivity index (χ2v) is 4.27. The zero-order valence-corrected chi connectivity index (χ0v) is 9.37. The fourth-order valence-electron chi connectivity index (χ4n) is 0.850. The van der Waals surface area contributed by atoms with E-state index < -0.39 is 0 Å². The van der Waals surface area contributed by atoms with Crippen molar-refractivity contribution in [3.05, 3.63) is 29.8 Å². The van der Waals surface area contributed by atoms with Crippen LogP contribution in [0.3, 0.4) is 0 Å². The van der Waals surface area contributed by atoms with Crippen LogP contribution in [0.2, 0.25) is 0 Å². The highest BCUT2D eigenvalue weighted by atomic mass is 32.2. The van der Waals surface area contributed by atoms with Crippen LogP contribution < -0.4 is 0 Å². The van der Waals surface area contributed by atoms with Gasteiger partial charge in [-0.25, -0.2) is 0 Å². The second kappa shape index (κ2) is 5.25. The number of thioether (sulfide) groups is 1. The van der Waals surface area contributed by atoms with Gasteiger partial charge in [0.15, 0.2) is 0 Å². The van der Waals surface area contributed by atoms with E-state index in [-0.39, 0.29) is 0 Å². The van der Waals surface area contributed by atoms with Crippen molar-refractivity contribution in [3.8, 4) is 0 Å². The van der Waals surface area contributed by atoms with Crippen LogP contribution in [0.15, 0.2) is 29.2 Å². The van der Waals surface area contributed by atoms with Crippen LogP contribution in [-0.4, -0.2) is 11.0 Å². The lowest BCUT2D eigenvalue weighted by molar-refractivity contribution is 0.346. The van der Waals surface area contributed by atoms with E-state index in [1.54, 1.807) is 0 Å². The minimum absolute atomic E-state index is 0.589. The molecule has 0 atom stereocenters. The highest BCUT2D eigenvalue weighted by Crippen LogP contribution is 2.20. The molecule has 0 saturated heterocycles. The molecule has 0 unspecified atom stereocenters. The molecule has 0 aliphatic heterocycles. The molecular weight excluding hydrogens is 200 g/mol. The van der Waals surface area contributed by atoms with Crippen LogP contribution in [0.1, 0.15) is 12.5 Å². The molecular formula is C10H12OS2. The maximum absolute atomic E-state index is 5.17. The molecule has 1 aromatic rings. The van der Waals surface area contributed by atoms with E-state index in [1.807, 2.05) is 19.1 Å². The third-order valence-electron chi connectivity index (χ3n) is 1.48. The first-order chi connectivity index (χ1) is 6.22. The van der Waals surface area contributed by atoms with Gasteiger partial charge < -0.3 is 4.74 Å². The topological polar surface area (TPSA) is 9.23 Å². The van der Waals surface area contributed by atoms with Gasteiger partial charge in [0.05, 0.1) is 6.61 Å². The molecule has 0 aliphatic rings. The summed E-state index contributed by atoms with van der Waals surface area (Å²) in [6.07, 6.45) is 0. The Morgan fingerprint density at radius 1 is 1.38 bits per heavy atom. The second-order valence-electron chi connectivity index (χ2n) is 2.60. The summed E-state index contributed by atoms with van der Waals surface area (Å²) in [4.78, 5) is 1.13. The fourth-order valence-corrected chi connectivity index (χ4v) is 1.90. The van der Waals surface area contributed by atoms with Crippen molar-refractivity contribution in [2.24, 2.45) is 0 Å². The molecule has 0 aliphatic carbocycles. The highest BCUT2D eigenvalue weighted by Gasteiger charge is 1.99. The number of thiocarbonyl (C=S) groups is 1. The van der Waals surface area contributed by atoms with Crippen LogP contribution >= 0.6 is 24.0 Å². The first-order valence-electron chi connectivity index (χ1n) is 4.13. The van der Waals surface area contributed by atoms with E-state index in [2.05, 4.69) is 19.1 Å². The van der Waals surface area contributed by atoms with Crippen LogP contribution in [-0.2, 0) is 4.74 Å². The highest BCUT2D eigenvalue weighted by molar-refractivity contribution is 8.22. The van der Waals surface area contributed by atoms with Gasteiger partial charge in [-0.3, -0.25) is 0 Å². The van der Waals surface area contributed by atoms with Gasteiger partial charge in [0, 0.05) is 4.90 Å². The average Bonchev–Trinajstić information content (AvgIpc) is 2.09. The Labute approximate surface area is 88.5 Å². The summed E-state index contributed by atoms with van der Waals surface area (Å²) in [6.45, 7) is 4.63. The van der Waals surface area contributed by atoms with Crippen LogP contribution in [0, 0.1) is 6.92 Å². The largest absolute Gasteiger partial charge is 0.479 e. The molecule has 1 rings (SSSR count). The van der Waals surface area contributed by atoms with Crippen molar-refractivity contribution < 1.29 is 4.74 Å². The molecule has 0 saturated carbocycles. The van der Waals surface area contributed by atoms with Crippen LogP contribution in [0.4, 0.5) is 0 Å². The molecule has 0 fully saturated rings. The number of hydrogen-bond donors (Lipinski definition) is 0. The summed E-state index contributed by atoms with van der Waals surface area (Å²) in [7, 11) is 0. The molecule has 1 nitrogen and oxygen atoms in total. The Morgan fingerprint density at radius 2 is 2.00 bits per heavy atom. The third kappa shape index (κ3) is 3.79. The van der Waals surface area contributed by atoms with Gasteiger partial charge in [0.1, 0.15) is 0 Å². The van der Waals surface area contributed by atoms with Crippen molar-refractivity contribution in [3.63, 3.8) is 0 Å². The van der Waals surface area contributed by atoms with Crippen molar-refractivity contribution in [2.45, 2.75) is 18.7 Å². The lowest BCUT2D eigenvalue weighted by atomic mass is 10.2.